The Morgan fingerprint density at radius 3 is 3.10 bits per heavy atom. The molecule has 104 valence electrons. The normalized spacial score (nSPS) is 10.0. The average molecular weight is 270 g/mol. The summed E-state index contributed by atoms with van der Waals surface area (Å²) >= 11 is 0. The molecule has 1 heterocycles. The number of aromatic nitrogens is 2. The van der Waals surface area contributed by atoms with Crippen molar-refractivity contribution in [3.05, 3.63) is 42.2 Å². The lowest BCUT2D eigenvalue weighted by Crippen LogP contribution is -2.00. The Balaban J connectivity index is 1.84. The standard InChI is InChI=1S/C15H18N4O/c1-19-12-13(11-18-19)10-17-14-5-4-6-15(9-14)20-8-3-2-7-16/h4-6,9,11-12,17H,2-3,8,10H2,1H3. The van der Waals surface area contributed by atoms with E-state index in [1.165, 1.54) is 0 Å². The highest BCUT2D eigenvalue weighted by molar-refractivity contribution is 5.48. The fourth-order valence-electron chi connectivity index (χ4n) is 1.80. The maximum Gasteiger partial charge on any atom is 0.121 e. The second-order valence-electron chi connectivity index (χ2n) is 4.51. The Morgan fingerprint density at radius 1 is 1.45 bits per heavy atom. The molecule has 0 saturated heterocycles. The Morgan fingerprint density at radius 2 is 2.35 bits per heavy atom. The van der Waals surface area contributed by atoms with Gasteiger partial charge in [-0.2, -0.15) is 10.4 Å². The van der Waals surface area contributed by atoms with Crippen molar-refractivity contribution >= 4 is 5.69 Å². The molecule has 0 bridgehead atoms. The predicted octanol–water partition coefficient (Wildman–Crippen LogP) is 2.71. The van der Waals surface area contributed by atoms with Crippen LogP contribution in [-0.4, -0.2) is 16.4 Å². The van der Waals surface area contributed by atoms with Gasteiger partial charge in [0.25, 0.3) is 0 Å². The fraction of sp³-hybridized carbons (Fsp3) is 0.333. The number of aryl methyl sites for hydroxylation is 1. The second kappa shape index (κ2) is 7.19. The molecule has 20 heavy (non-hydrogen) atoms. The number of hydrogen-bond donors (Lipinski definition) is 1. The smallest absolute Gasteiger partial charge is 0.121 e. The van der Waals surface area contributed by atoms with E-state index in [-0.39, 0.29) is 0 Å². The van der Waals surface area contributed by atoms with Gasteiger partial charge < -0.3 is 10.1 Å². The highest BCUT2D eigenvalue weighted by Gasteiger charge is 1.99. The van der Waals surface area contributed by atoms with Crippen molar-refractivity contribution in [1.29, 1.82) is 5.26 Å². The van der Waals surface area contributed by atoms with E-state index in [4.69, 9.17) is 10.00 Å². The van der Waals surface area contributed by atoms with E-state index >= 15 is 0 Å². The molecule has 0 amide bonds. The zero-order chi connectivity index (χ0) is 14.2. The molecule has 2 aromatic rings. The van der Waals surface area contributed by atoms with Crippen LogP contribution < -0.4 is 10.1 Å². The predicted molar refractivity (Wildman–Crippen MR) is 77.3 cm³/mol. The van der Waals surface area contributed by atoms with Gasteiger partial charge in [-0.05, 0) is 18.6 Å². The summed E-state index contributed by atoms with van der Waals surface area (Å²) < 4.78 is 7.38. The van der Waals surface area contributed by atoms with E-state index in [0.29, 0.717) is 13.0 Å². The van der Waals surface area contributed by atoms with Crippen LogP contribution >= 0.6 is 0 Å². The molecule has 0 fully saturated rings. The summed E-state index contributed by atoms with van der Waals surface area (Å²) in [6, 6.07) is 9.93. The first-order valence-corrected chi connectivity index (χ1v) is 6.59. The number of rotatable bonds is 7. The van der Waals surface area contributed by atoms with E-state index < -0.39 is 0 Å². The SMILES string of the molecule is Cn1cc(CNc2cccc(OCCCC#N)c2)cn1. The molecule has 0 radical (unpaired) electrons. The summed E-state index contributed by atoms with van der Waals surface area (Å²) in [4.78, 5) is 0. The van der Waals surface area contributed by atoms with Gasteiger partial charge in [-0.15, -0.1) is 0 Å². The molecule has 0 atom stereocenters. The largest absolute Gasteiger partial charge is 0.493 e. The van der Waals surface area contributed by atoms with Crippen molar-refractivity contribution in [2.75, 3.05) is 11.9 Å². The minimum absolute atomic E-state index is 0.527. The number of benzene rings is 1. The van der Waals surface area contributed by atoms with Crippen LogP contribution in [0.1, 0.15) is 18.4 Å². The van der Waals surface area contributed by atoms with Crippen LogP contribution in [0.15, 0.2) is 36.7 Å². The lowest BCUT2D eigenvalue weighted by atomic mass is 10.2. The van der Waals surface area contributed by atoms with Gasteiger partial charge in [-0.1, -0.05) is 6.07 Å². The van der Waals surface area contributed by atoms with Gasteiger partial charge in [0.05, 0.1) is 18.9 Å². The van der Waals surface area contributed by atoms with E-state index in [1.54, 1.807) is 4.68 Å². The molecule has 0 aliphatic rings. The van der Waals surface area contributed by atoms with E-state index in [9.17, 15) is 0 Å². The molecule has 0 saturated carbocycles. The zero-order valence-corrected chi connectivity index (χ0v) is 11.5. The van der Waals surface area contributed by atoms with Crippen LogP contribution in [0.3, 0.4) is 0 Å². The van der Waals surface area contributed by atoms with Crippen molar-refractivity contribution in [3.63, 3.8) is 0 Å². The number of nitrogens with zero attached hydrogens (tertiary/aromatic N) is 3. The van der Waals surface area contributed by atoms with Crippen molar-refractivity contribution in [1.82, 2.24) is 9.78 Å². The van der Waals surface area contributed by atoms with Crippen molar-refractivity contribution in [2.45, 2.75) is 19.4 Å². The van der Waals surface area contributed by atoms with Crippen LogP contribution in [0.2, 0.25) is 0 Å². The van der Waals surface area contributed by atoms with Crippen molar-refractivity contribution in [3.8, 4) is 11.8 Å². The first kappa shape index (κ1) is 13.9. The summed E-state index contributed by atoms with van der Waals surface area (Å²) in [6.07, 6.45) is 5.10. The van der Waals surface area contributed by atoms with Gasteiger partial charge in [0.15, 0.2) is 0 Å². The van der Waals surface area contributed by atoms with E-state index in [0.717, 1.165) is 30.0 Å². The lowest BCUT2D eigenvalue weighted by molar-refractivity contribution is 0.313. The molecule has 0 aliphatic carbocycles. The van der Waals surface area contributed by atoms with Gasteiger partial charge in [0.2, 0.25) is 0 Å². The summed E-state index contributed by atoms with van der Waals surface area (Å²) in [5, 5.41) is 15.9. The van der Waals surface area contributed by atoms with Crippen LogP contribution in [-0.2, 0) is 13.6 Å². The molecule has 2 rings (SSSR count). The van der Waals surface area contributed by atoms with Gasteiger partial charge in [-0.3, -0.25) is 4.68 Å². The first-order valence-electron chi connectivity index (χ1n) is 6.59. The van der Waals surface area contributed by atoms with Crippen LogP contribution in [0.5, 0.6) is 5.75 Å². The summed E-state index contributed by atoms with van der Waals surface area (Å²) in [5.41, 5.74) is 2.14. The van der Waals surface area contributed by atoms with Crippen LogP contribution in [0.4, 0.5) is 5.69 Å². The minimum Gasteiger partial charge on any atom is -0.493 e. The van der Waals surface area contributed by atoms with Crippen LogP contribution in [0.25, 0.3) is 0 Å². The molecule has 5 heteroatoms. The molecule has 1 aromatic carbocycles. The number of nitriles is 1. The Hall–Kier alpha value is -2.48. The van der Waals surface area contributed by atoms with Crippen molar-refractivity contribution in [2.24, 2.45) is 7.05 Å². The molecule has 1 aromatic heterocycles. The molecule has 1 N–H and O–H groups in total. The average Bonchev–Trinajstić information content (AvgIpc) is 2.88. The molecule has 0 aliphatic heterocycles. The molecule has 0 unspecified atom stereocenters. The molecular weight excluding hydrogens is 252 g/mol. The zero-order valence-electron chi connectivity index (χ0n) is 11.5. The quantitative estimate of drug-likeness (QED) is 0.786. The number of unbranched alkanes of at least 4 members (excludes halogenated alkanes) is 1. The maximum absolute atomic E-state index is 8.47. The number of anilines is 1. The van der Waals surface area contributed by atoms with E-state index in [1.807, 2.05) is 43.7 Å². The van der Waals surface area contributed by atoms with Crippen molar-refractivity contribution < 1.29 is 4.74 Å². The van der Waals surface area contributed by atoms with Gasteiger partial charge in [0.1, 0.15) is 5.75 Å². The maximum atomic E-state index is 8.47. The summed E-state index contributed by atoms with van der Waals surface area (Å²) in [7, 11) is 1.90. The third-order valence-corrected chi connectivity index (χ3v) is 2.79. The Kier molecular flexibility index (Phi) is 5.01. The highest BCUT2D eigenvalue weighted by atomic mass is 16.5. The molecule has 5 nitrogen and oxygen atoms in total. The monoisotopic (exact) mass is 270 g/mol. The topological polar surface area (TPSA) is 62.9 Å². The van der Waals surface area contributed by atoms with Gasteiger partial charge in [-0.25, -0.2) is 0 Å². The van der Waals surface area contributed by atoms with E-state index in [2.05, 4.69) is 16.5 Å². The number of hydrogen-bond acceptors (Lipinski definition) is 4. The third-order valence-electron chi connectivity index (χ3n) is 2.79. The molecular formula is C15H18N4O. The fourth-order valence-corrected chi connectivity index (χ4v) is 1.80. The number of nitrogens with one attached hydrogen (secondary N) is 1. The summed E-state index contributed by atoms with van der Waals surface area (Å²) in [5.74, 6) is 0.819. The Bertz CT molecular complexity index is 586. The summed E-state index contributed by atoms with van der Waals surface area (Å²) in [6.45, 7) is 1.30. The second-order valence-corrected chi connectivity index (χ2v) is 4.51. The Labute approximate surface area is 118 Å². The third kappa shape index (κ3) is 4.32. The van der Waals surface area contributed by atoms with Crippen LogP contribution in [0, 0.1) is 11.3 Å². The highest BCUT2D eigenvalue weighted by Crippen LogP contribution is 2.18. The van der Waals surface area contributed by atoms with Gasteiger partial charge in [0, 0.05) is 43.5 Å². The minimum atomic E-state index is 0.527. The lowest BCUT2D eigenvalue weighted by Gasteiger charge is -2.08. The number of ether oxygens (including phenoxy) is 1. The molecule has 0 spiro atoms. The van der Waals surface area contributed by atoms with Gasteiger partial charge >= 0.3 is 0 Å². The first-order chi connectivity index (χ1) is 9.78.